The molecule has 0 aliphatic heterocycles. The smallest absolute Gasteiger partial charge is 0.239 e. The Bertz CT molecular complexity index is 783. The quantitative estimate of drug-likeness (QED) is 0.446. The number of benzene rings is 2. The first kappa shape index (κ1) is 21.8. The third-order valence-electron chi connectivity index (χ3n) is 3.97. The number of guanidine groups is 1. The van der Waals surface area contributed by atoms with E-state index in [0.717, 1.165) is 22.4 Å². The van der Waals surface area contributed by atoms with Crippen molar-refractivity contribution in [1.29, 1.82) is 0 Å². The molecule has 0 saturated heterocycles. The summed E-state index contributed by atoms with van der Waals surface area (Å²) < 4.78 is 13.5. The predicted octanol–water partition coefficient (Wildman–Crippen LogP) is 3.06. The van der Waals surface area contributed by atoms with Gasteiger partial charge in [0.15, 0.2) is 5.96 Å². The third-order valence-corrected chi connectivity index (χ3v) is 4.57. The highest BCUT2D eigenvalue weighted by Gasteiger charge is 2.06. The first-order chi connectivity index (χ1) is 13.6. The largest absolute Gasteiger partial charge is 0.357 e. The van der Waals surface area contributed by atoms with E-state index in [4.69, 9.17) is 0 Å². The van der Waals surface area contributed by atoms with Gasteiger partial charge >= 0.3 is 0 Å². The Morgan fingerprint density at radius 3 is 2.57 bits per heavy atom. The van der Waals surface area contributed by atoms with Crippen molar-refractivity contribution in [3.63, 3.8) is 0 Å². The lowest BCUT2D eigenvalue weighted by atomic mass is 10.1. The maximum atomic E-state index is 13.5. The Labute approximate surface area is 170 Å². The van der Waals surface area contributed by atoms with E-state index in [0.29, 0.717) is 25.6 Å². The molecule has 0 radical (unpaired) electrons. The highest BCUT2D eigenvalue weighted by atomic mass is 32.2. The molecule has 28 heavy (non-hydrogen) atoms. The number of thioether (sulfide) groups is 1. The van der Waals surface area contributed by atoms with Gasteiger partial charge in [0.2, 0.25) is 5.91 Å². The number of hydrogen-bond acceptors (Lipinski definition) is 3. The summed E-state index contributed by atoms with van der Waals surface area (Å²) in [6, 6.07) is 14.5. The zero-order chi connectivity index (χ0) is 20.2. The van der Waals surface area contributed by atoms with E-state index in [1.807, 2.05) is 43.5 Å². The minimum atomic E-state index is -0.239. The fraction of sp³-hybridized carbons (Fsp3) is 0.333. The number of nitrogens with one attached hydrogen (secondary N) is 3. The normalized spacial score (nSPS) is 11.2. The van der Waals surface area contributed by atoms with Gasteiger partial charge < -0.3 is 16.0 Å². The van der Waals surface area contributed by atoms with Crippen molar-refractivity contribution >= 4 is 23.6 Å². The van der Waals surface area contributed by atoms with E-state index in [1.165, 1.54) is 6.07 Å². The van der Waals surface area contributed by atoms with Gasteiger partial charge in [-0.25, -0.2) is 9.38 Å². The van der Waals surface area contributed by atoms with Crippen LogP contribution < -0.4 is 16.0 Å². The number of hydrogen-bond donors (Lipinski definition) is 3. The second-order valence-corrected chi connectivity index (χ2v) is 7.02. The van der Waals surface area contributed by atoms with Crippen LogP contribution in [0.1, 0.15) is 23.6 Å². The topological polar surface area (TPSA) is 65.5 Å². The van der Waals surface area contributed by atoms with E-state index in [9.17, 15) is 9.18 Å². The second kappa shape index (κ2) is 12.0. The third kappa shape index (κ3) is 7.60. The molecule has 0 aliphatic carbocycles. The molecule has 2 aromatic rings. The average molecular weight is 403 g/mol. The minimum absolute atomic E-state index is 0.112. The lowest BCUT2D eigenvalue weighted by Gasteiger charge is -2.12. The highest BCUT2D eigenvalue weighted by molar-refractivity contribution is 7.97. The van der Waals surface area contributed by atoms with Gasteiger partial charge in [0.05, 0.1) is 13.1 Å². The molecule has 2 aromatic carbocycles. The Hall–Kier alpha value is -2.54. The molecule has 3 N–H and O–H groups in total. The van der Waals surface area contributed by atoms with E-state index < -0.39 is 0 Å². The number of aliphatic imine (C=N–C) groups is 1. The molecule has 0 heterocycles. The van der Waals surface area contributed by atoms with Crippen molar-refractivity contribution in [3.05, 3.63) is 71.0 Å². The molecule has 1 amide bonds. The van der Waals surface area contributed by atoms with Gasteiger partial charge in [-0.3, -0.25) is 4.79 Å². The zero-order valence-corrected chi connectivity index (χ0v) is 17.1. The van der Waals surface area contributed by atoms with Gasteiger partial charge in [-0.05, 0) is 42.0 Å². The average Bonchev–Trinajstić information content (AvgIpc) is 2.70. The number of carbonyl (C=O) groups is 1. The van der Waals surface area contributed by atoms with Crippen LogP contribution in [0.2, 0.25) is 0 Å². The number of amides is 1. The molecular formula is C21H27FN4OS. The summed E-state index contributed by atoms with van der Waals surface area (Å²) in [5, 5.41) is 9.04. The van der Waals surface area contributed by atoms with Crippen LogP contribution >= 0.6 is 11.8 Å². The van der Waals surface area contributed by atoms with Gasteiger partial charge in [0.25, 0.3) is 0 Å². The van der Waals surface area contributed by atoms with Crippen LogP contribution in [0.15, 0.2) is 53.5 Å². The summed E-state index contributed by atoms with van der Waals surface area (Å²) in [4.78, 5) is 16.6. The van der Waals surface area contributed by atoms with E-state index in [2.05, 4.69) is 20.9 Å². The van der Waals surface area contributed by atoms with Crippen molar-refractivity contribution in [2.24, 2.45) is 4.99 Å². The summed E-state index contributed by atoms with van der Waals surface area (Å²) in [6.07, 6.45) is 1.98. The molecular weight excluding hydrogens is 375 g/mol. The fourth-order valence-corrected chi connectivity index (χ4v) is 3.15. The van der Waals surface area contributed by atoms with Crippen LogP contribution in [0.5, 0.6) is 0 Å². The predicted molar refractivity (Wildman–Crippen MR) is 115 cm³/mol. The number of halogens is 1. The van der Waals surface area contributed by atoms with E-state index in [-0.39, 0.29) is 18.3 Å². The maximum absolute atomic E-state index is 13.5. The van der Waals surface area contributed by atoms with Gasteiger partial charge in [-0.15, -0.1) is 0 Å². The summed E-state index contributed by atoms with van der Waals surface area (Å²) in [7, 11) is 0. The monoisotopic (exact) mass is 402 g/mol. The van der Waals surface area contributed by atoms with Crippen molar-refractivity contribution < 1.29 is 9.18 Å². The van der Waals surface area contributed by atoms with Crippen LogP contribution in [0, 0.1) is 5.82 Å². The van der Waals surface area contributed by atoms with Crippen LogP contribution in [0.4, 0.5) is 4.39 Å². The fourth-order valence-electron chi connectivity index (χ4n) is 2.57. The summed E-state index contributed by atoms with van der Waals surface area (Å²) in [5.74, 6) is 0.932. The molecule has 0 atom stereocenters. The van der Waals surface area contributed by atoms with Crippen molar-refractivity contribution in [2.45, 2.75) is 25.8 Å². The van der Waals surface area contributed by atoms with Gasteiger partial charge in [-0.1, -0.05) is 36.4 Å². The molecule has 0 spiro atoms. The number of rotatable bonds is 9. The summed E-state index contributed by atoms with van der Waals surface area (Å²) >= 11 is 1.64. The molecule has 0 bridgehead atoms. The Balaban J connectivity index is 1.90. The van der Waals surface area contributed by atoms with Crippen LogP contribution in [-0.2, 0) is 23.6 Å². The van der Waals surface area contributed by atoms with Crippen molar-refractivity contribution in [2.75, 3.05) is 19.3 Å². The zero-order valence-electron chi connectivity index (χ0n) is 16.3. The first-order valence-electron chi connectivity index (χ1n) is 9.21. The molecule has 0 aromatic heterocycles. The highest BCUT2D eigenvalue weighted by Crippen LogP contribution is 2.17. The molecule has 5 nitrogen and oxygen atoms in total. The standard InChI is InChI=1S/C21H27FN4OS/c1-3-23-21(25-13-17-9-10-19(22)11-18(17)15-28-2)26-14-20(27)24-12-16-7-5-4-6-8-16/h4-11H,3,12-15H2,1-2H3,(H,24,27)(H2,23,25,26). The van der Waals surface area contributed by atoms with Gasteiger partial charge in [0, 0.05) is 18.8 Å². The van der Waals surface area contributed by atoms with Gasteiger partial charge in [-0.2, -0.15) is 11.8 Å². The minimum Gasteiger partial charge on any atom is -0.357 e. The molecule has 0 fully saturated rings. The van der Waals surface area contributed by atoms with E-state index in [1.54, 1.807) is 23.9 Å². The Kier molecular flexibility index (Phi) is 9.34. The molecule has 7 heteroatoms. The lowest BCUT2D eigenvalue weighted by molar-refractivity contribution is -0.120. The van der Waals surface area contributed by atoms with Gasteiger partial charge in [0.1, 0.15) is 5.82 Å². The van der Waals surface area contributed by atoms with Crippen molar-refractivity contribution in [3.8, 4) is 0 Å². The SMILES string of the molecule is CCNC(=NCc1ccc(F)cc1CSC)NCC(=O)NCc1ccccc1. The number of carbonyl (C=O) groups excluding carboxylic acids is 1. The molecule has 0 unspecified atom stereocenters. The molecule has 150 valence electrons. The Morgan fingerprint density at radius 1 is 1.07 bits per heavy atom. The summed E-state index contributed by atoms with van der Waals surface area (Å²) in [6.45, 7) is 3.67. The number of nitrogens with zero attached hydrogens (tertiary/aromatic N) is 1. The van der Waals surface area contributed by atoms with Crippen molar-refractivity contribution in [1.82, 2.24) is 16.0 Å². The molecule has 0 saturated carbocycles. The van der Waals surface area contributed by atoms with Crippen LogP contribution in [0.3, 0.4) is 0 Å². The van der Waals surface area contributed by atoms with E-state index >= 15 is 0 Å². The maximum Gasteiger partial charge on any atom is 0.239 e. The van der Waals surface area contributed by atoms with Crippen LogP contribution in [-0.4, -0.2) is 31.2 Å². The second-order valence-electron chi connectivity index (χ2n) is 6.16. The first-order valence-corrected chi connectivity index (χ1v) is 10.6. The Morgan fingerprint density at radius 2 is 1.86 bits per heavy atom. The van der Waals surface area contributed by atoms with Crippen LogP contribution in [0.25, 0.3) is 0 Å². The molecule has 0 aliphatic rings. The molecule has 2 rings (SSSR count). The lowest BCUT2D eigenvalue weighted by Crippen LogP contribution is -2.43. The summed E-state index contributed by atoms with van der Waals surface area (Å²) in [5.41, 5.74) is 2.96.